The number of aromatic nitrogens is 3. The number of carbonyl (C=O) groups excluding carboxylic acids is 2. The number of fused-ring (bicyclic) bond motifs is 1. The van der Waals surface area contributed by atoms with E-state index in [2.05, 4.69) is 42.2 Å². The molecule has 1 aliphatic heterocycles. The molecule has 3 heterocycles. The number of ether oxygens (including phenoxy) is 1. The first kappa shape index (κ1) is 37.6. The largest absolute Gasteiger partial charge is 0.381 e. The summed E-state index contributed by atoms with van der Waals surface area (Å²) in [6.07, 6.45) is 4.18. The van der Waals surface area contributed by atoms with Crippen molar-refractivity contribution in [2.75, 3.05) is 31.6 Å². The van der Waals surface area contributed by atoms with Crippen molar-refractivity contribution in [2.24, 2.45) is 5.73 Å². The summed E-state index contributed by atoms with van der Waals surface area (Å²) in [6, 6.07) is 19.7. The Labute approximate surface area is 311 Å². The SMILES string of the molecule is CCc1nc2c(cnn2CC)c(NC2CCOCC2)c1CN(Cc1ccc(F)c(-c2cccc(CN(CC)CC)c2)c1)C(=O)c1cccc(C(N)=O)c1. The molecule has 0 saturated carbocycles. The van der Waals surface area contributed by atoms with Gasteiger partial charge in [0.1, 0.15) is 5.82 Å². The lowest BCUT2D eigenvalue weighted by Crippen LogP contribution is -2.33. The van der Waals surface area contributed by atoms with Crippen LogP contribution in [0.15, 0.2) is 72.9 Å². The molecule has 278 valence electrons. The predicted molar refractivity (Wildman–Crippen MR) is 207 cm³/mol. The highest BCUT2D eigenvalue weighted by Crippen LogP contribution is 2.34. The van der Waals surface area contributed by atoms with Gasteiger partial charge in [-0.2, -0.15) is 5.10 Å². The van der Waals surface area contributed by atoms with Gasteiger partial charge in [-0.1, -0.05) is 51.1 Å². The number of rotatable bonds is 15. The zero-order valence-electron chi connectivity index (χ0n) is 31.2. The van der Waals surface area contributed by atoms with Gasteiger partial charge < -0.3 is 20.7 Å². The maximum absolute atomic E-state index is 15.6. The quantitative estimate of drug-likeness (QED) is 0.118. The average molecular weight is 720 g/mol. The minimum absolute atomic E-state index is 0.177. The van der Waals surface area contributed by atoms with E-state index in [1.165, 1.54) is 12.1 Å². The highest BCUT2D eigenvalue weighted by molar-refractivity contribution is 5.99. The topological polar surface area (TPSA) is 119 Å². The van der Waals surface area contributed by atoms with E-state index in [0.29, 0.717) is 37.3 Å². The highest BCUT2D eigenvalue weighted by Gasteiger charge is 2.26. The fraction of sp³-hybridized carbons (Fsp3) is 0.381. The molecule has 0 aliphatic carbocycles. The number of primary amides is 1. The van der Waals surface area contributed by atoms with Gasteiger partial charge >= 0.3 is 0 Å². The van der Waals surface area contributed by atoms with E-state index in [0.717, 1.165) is 77.1 Å². The summed E-state index contributed by atoms with van der Waals surface area (Å²) >= 11 is 0. The van der Waals surface area contributed by atoms with Crippen LogP contribution >= 0.6 is 0 Å². The van der Waals surface area contributed by atoms with Gasteiger partial charge in [-0.15, -0.1) is 0 Å². The molecule has 1 fully saturated rings. The number of nitrogens with zero attached hydrogens (tertiary/aromatic N) is 5. The highest BCUT2D eigenvalue weighted by atomic mass is 19.1. The van der Waals surface area contributed by atoms with Crippen LogP contribution < -0.4 is 11.1 Å². The number of hydrogen-bond donors (Lipinski definition) is 2. The summed E-state index contributed by atoms with van der Waals surface area (Å²) in [5.41, 5.74) is 12.8. The lowest BCUT2D eigenvalue weighted by molar-refractivity contribution is 0.0729. The van der Waals surface area contributed by atoms with E-state index in [9.17, 15) is 9.59 Å². The minimum Gasteiger partial charge on any atom is -0.381 e. The number of amides is 2. The molecule has 1 saturated heterocycles. The molecule has 6 rings (SSSR count). The molecule has 0 spiro atoms. The van der Waals surface area contributed by atoms with E-state index in [1.54, 1.807) is 29.2 Å². The summed E-state index contributed by atoms with van der Waals surface area (Å²) in [7, 11) is 0. The van der Waals surface area contributed by atoms with E-state index in [4.69, 9.17) is 15.5 Å². The van der Waals surface area contributed by atoms with Crippen LogP contribution in [0.2, 0.25) is 0 Å². The Bertz CT molecular complexity index is 2070. The number of benzene rings is 3. The number of carbonyl (C=O) groups is 2. The van der Waals surface area contributed by atoms with E-state index < -0.39 is 5.91 Å². The van der Waals surface area contributed by atoms with Crippen LogP contribution in [0, 0.1) is 5.82 Å². The van der Waals surface area contributed by atoms with Gasteiger partial charge in [0.25, 0.3) is 5.91 Å². The van der Waals surface area contributed by atoms with Crippen molar-refractivity contribution in [3.8, 4) is 11.1 Å². The molecule has 2 aromatic heterocycles. The summed E-state index contributed by atoms with van der Waals surface area (Å²) in [4.78, 5) is 35.9. The first-order chi connectivity index (χ1) is 25.7. The monoisotopic (exact) mass is 719 g/mol. The predicted octanol–water partition coefficient (Wildman–Crippen LogP) is 7.19. The van der Waals surface area contributed by atoms with Gasteiger partial charge in [0.2, 0.25) is 5.91 Å². The van der Waals surface area contributed by atoms with E-state index in [-0.39, 0.29) is 36.4 Å². The zero-order chi connectivity index (χ0) is 37.5. The van der Waals surface area contributed by atoms with Crippen LogP contribution in [0.25, 0.3) is 22.2 Å². The van der Waals surface area contributed by atoms with Crippen LogP contribution in [0.1, 0.15) is 83.6 Å². The minimum atomic E-state index is -0.614. The first-order valence-electron chi connectivity index (χ1n) is 18.7. The van der Waals surface area contributed by atoms with Crippen molar-refractivity contribution in [2.45, 2.75) is 79.2 Å². The molecular weight excluding hydrogens is 670 g/mol. The molecule has 0 bridgehead atoms. The summed E-state index contributed by atoms with van der Waals surface area (Å²) in [6.45, 7) is 13.4. The van der Waals surface area contributed by atoms with Gasteiger partial charge in [-0.3, -0.25) is 14.5 Å². The van der Waals surface area contributed by atoms with Crippen LogP contribution in [0.5, 0.6) is 0 Å². The molecule has 11 heteroatoms. The molecule has 5 aromatic rings. The molecule has 10 nitrogen and oxygen atoms in total. The van der Waals surface area contributed by atoms with Gasteiger partial charge in [0.15, 0.2) is 5.65 Å². The normalized spacial score (nSPS) is 13.5. The third-order valence-electron chi connectivity index (χ3n) is 10.1. The maximum atomic E-state index is 15.6. The number of anilines is 1. The number of nitrogens with two attached hydrogens (primary N) is 1. The molecule has 1 aliphatic rings. The number of hydrogen-bond acceptors (Lipinski definition) is 7. The number of nitrogens with one attached hydrogen (secondary N) is 1. The third kappa shape index (κ3) is 8.58. The Morgan fingerprint density at radius 3 is 2.38 bits per heavy atom. The molecule has 2 amide bonds. The van der Waals surface area contributed by atoms with Crippen molar-refractivity contribution in [1.82, 2.24) is 24.6 Å². The lowest BCUT2D eigenvalue weighted by atomic mass is 9.99. The summed E-state index contributed by atoms with van der Waals surface area (Å²) in [5, 5.41) is 9.35. The summed E-state index contributed by atoms with van der Waals surface area (Å²) in [5.74, 6) is -1.24. The van der Waals surface area contributed by atoms with Gasteiger partial charge in [-0.25, -0.2) is 14.1 Å². The van der Waals surface area contributed by atoms with Crippen molar-refractivity contribution in [3.63, 3.8) is 0 Å². The van der Waals surface area contributed by atoms with E-state index in [1.807, 2.05) is 42.1 Å². The third-order valence-corrected chi connectivity index (χ3v) is 10.1. The number of aryl methyl sites for hydroxylation is 2. The Hall–Kier alpha value is -5.13. The second kappa shape index (κ2) is 17.1. The fourth-order valence-corrected chi connectivity index (χ4v) is 7.11. The first-order valence-corrected chi connectivity index (χ1v) is 18.7. The summed E-state index contributed by atoms with van der Waals surface area (Å²) < 4.78 is 23.1. The zero-order valence-corrected chi connectivity index (χ0v) is 31.2. The molecule has 0 atom stereocenters. The van der Waals surface area contributed by atoms with Crippen molar-refractivity contribution in [1.29, 1.82) is 0 Å². The Balaban J connectivity index is 1.43. The van der Waals surface area contributed by atoms with Crippen LogP contribution in [0.3, 0.4) is 0 Å². The molecular formula is C42H50FN7O3. The second-order valence-corrected chi connectivity index (χ2v) is 13.6. The number of halogens is 1. The Kier molecular flexibility index (Phi) is 12.2. The van der Waals surface area contributed by atoms with Crippen LogP contribution in [-0.2, 0) is 37.3 Å². The molecule has 3 N–H and O–H groups in total. The van der Waals surface area contributed by atoms with Crippen molar-refractivity contribution >= 4 is 28.5 Å². The maximum Gasteiger partial charge on any atom is 0.254 e. The molecule has 0 radical (unpaired) electrons. The van der Waals surface area contributed by atoms with Gasteiger partial charge in [0.05, 0.1) is 23.8 Å². The number of pyridine rings is 1. The van der Waals surface area contributed by atoms with Crippen molar-refractivity contribution in [3.05, 3.63) is 112 Å². The molecule has 0 unspecified atom stereocenters. The lowest BCUT2D eigenvalue weighted by Gasteiger charge is -2.29. The van der Waals surface area contributed by atoms with Gasteiger partial charge in [0, 0.05) is 66.8 Å². The standard InChI is InChI=1S/C42H50FN7O3/c1-5-38-36(39(46-33-17-19-53-20-18-33)35-24-45-50(8-4)41(35)47-38)27-49(42(52)32-14-10-13-31(23-32)40(44)51)26-29-15-16-37(43)34(22-29)30-12-9-11-28(21-30)25-48(6-2)7-3/h9-16,21-24,33H,5-8,17-20,25-27H2,1-4H3,(H2,44,51)(H,46,47). The molecule has 53 heavy (non-hydrogen) atoms. The van der Waals surface area contributed by atoms with Crippen molar-refractivity contribution < 1.29 is 18.7 Å². The Morgan fingerprint density at radius 2 is 1.66 bits per heavy atom. The fourth-order valence-electron chi connectivity index (χ4n) is 7.11. The Morgan fingerprint density at radius 1 is 0.925 bits per heavy atom. The van der Waals surface area contributed by atoms with E-state index >= 15 is 4.39 Å². The average Bonchev–Trinajstić information content (AvgIpc) is 3.61. The smallest absolute Gasteiger partial charge is 0.254 e. The second-order valence-electron chi connectivity index (χ2n) is 13.6. The van der Waals surface area contributed by atoms with Gasteiger partial charge in [-0.05, 0) is 92.4 Å². The molecule has 3 aromatic carbocycles. The van der Waals surface area contributed by atoms with Crippen LogP contribution in [0.4, 0.5) is 10.1 Å². The van der Waals surface area contributed by atoms with Crippen LogP contribution in [-0.4, -0.2) is 68.7 Å².